The van der Waals surface area contributed by atoms with E-state index in [1.165, 1.54) is 0 Å². The Balaban J connectivity index is 2.43. The number of ether oxygens (including phenoxy) is 1. The van der Waals surface area contributed by atoms with E-state index in [4.69, 9.17) is 4.74 Å². The first kappa shape index (κ1) is 8.27. The molecule has 2 nitrogen and oxygen atoms in total. The van der Waals surface area contributed by atoms with Crippen molar-refractivity contribution < 1.29 is 9.53 Å². The minimum Gasteiger partial charge on any atom is -0.465 e. The molecule has 0 bridgehead atoms. The molecule has 1 rings (SSSR count). The fourth-order valence-electron chi connectivity index (χ4n) is 0.711. The van der Waals surface area contributed by atoms with Gasteiger partial charge in [-0.05, 0) is 13.3 Å². The topological polar surface area (TPSA) is 26.3 Å². The maximum atomic E-state index is 11.0. The second kappa shape index (κ2) is 2.66. The molecule has 58 valence electrons. The lowest BCUT2D eigenvalue weighted by Crippen LogP contribution is -2.21. The lowest BCUT2D eigenvalue weighted by Gasteiger charge is -2.06. The van der Waals surface area contributed by atoms with Crippen molar-refractivity contribution >= 4 is 31.2 Å². The van der Waals surface area contributed by atoms with Gasteiger partial charge in [0.2, 0.25) is 0 Å². The zero-order valence-electron chi connectivity index (χ0n) is 5.70. The Morgan fingerprint density at radius 1 is 1.90 bits per heavy atom. The third-order valence-electron chi connectivity index (χ3n) is 1.52. The van der Waals surface area contributed by atoms with Crippen molar-refractivity contribution in [1.82, 2.24) is 0 Å². The molecule has 0 aliphatic heterocycles. The minimum absolute atomic E-state index is 0.0786. The van der Waals surface area contributed by atoms with Crippen LogP contribution in [-0.2, 0) is 9.53 Å². The van der Waals surface area contributed by atoms with Crippen LogP contribution in [0.5, 0.6) is 0 Å². The Kier molecular flexibility index (Phi) is 2.20. The largest absolute Gasteiger partial charge is 0.465 e. The van der Waals surface area contributed by atoms with Gasteiger partial charge in [0.1, 0.15) is 4.75 Å². The summed E-state index contributed by atoms with van der Waals surface area (Å²) in [7, 11) is 0. The van der Waals surface area contributed by atoms with Crippen LogP contribution >= 0.6 is 25.3 Å². The summed E-state index contributed by atoms with van der Waals surface area (Å²) in [5.41, 5.74) is 0. The molecule has 2 unspecified atom stereocenters. The van der Waals surface area contributed by atoms with Crippen LogP contribution in [0.3, 0.4) is 0 Å². The zero-order chi connectivity index (χ0) is 7.78. The highest BCUT2D eigenvalue weighted by Gasteiger charge is 2.56. The molecule has 1 saturated carbocycles. The van der Waals surface area contributed by atoms with Crippen molar-refractivity contribution in [3.8, 4) is 0 Å². The van der Waals surface area contributed by atoms with Crippen molar-refractivity contribution in [3.05, 3.63) is 0 Å². The lowest BCUT2D eigenvalue weighted by molar-refractivity contribution is -0.143. The van der Waals surface area contributed by atoms with Gasteiger partial charge in [0.25, 0.3) is 0 Å². The number of rotatable bonds is 2. The molecule has 0 amide bonds. The summed E-state index contributed by atoms with van der Waals surface area (Å²) >= 11 is 8.25. The Morgan fingerprint density at radius 3 is 2.70 bits per heavy atom. The normalized spacial score (nSPS) is 37.3. The van der Waals surface area contributed by atoms with E-state index in [1.807, 2.05) is 0 Å². The molecule has 4 heteroatoms. The molecule has 10 heavy (non-hydrogen) atoms. The van der Waals surface area contributed by atoms with Gasteiger partial charge in [-0.1, -0.05) is 0 Å². The van der Waals surface area contributed by atoms with Crippen LogP contribution in [0.2, 0.25) is 0 Å². The smallest absolute Gasteiger partial charge is 0.323 e. The monoisotopic (exact) mass is 178 g/mol. The highest BCUT2D eigenvalue weighted by atomic mass is 32.1. The average Bonchev–Trinajstić information content (AvgIpc) is 2.43. The van der Waals surface area contributed by atoms with E-state index in [0.29, 0.717) is 6.61 Å². The molecule has 0 radical (unpaired) electrons. The summed E-state index contributed by atoms with van der Waals surface area (Å²) in [6, 6.07) is 0. The van der Waals surface area contributed by atoms with Crippen LogP contribution in [0.4, 0.5) is 0 Å². The van der Waals surface area contributed by atoms with Gasteiger partial charge in [-0.15, -0.1) is 0 Å². The van der Waals surface area contributed by atoms with Gasteiger partial charge in [0.15, 0.2) is 0 Å². The highest BCUT2D eigenvalue weighted by molar-refractivity contribution is 7.87. The first-order chi connectivity index (χ1) is 4.61. The Morgan fingerprint density at radius 2 is 2.40 bits per heavy atom. The SMILES string of the molecule is CCOC(=O)C1(S)CC1S. The van der Waals surface area contributed by atoms with Crippen molar-refractivity contribution in [1.29, 1.82) is 0 Å². The molecule has 0 N–H and O–H groups in total. The lowest BCUT2D eigenvalue weighted by atomic mass is 10.4. The predicted octanol–water partition coefficient (Wildman–Crippen LogP) is 0.920. The van der Waals surface area contributed by atoms with E-state index in [9.17, 15) is 4.79 Å². The van der Waals surface area contributed by atoms with Crippen LogP contribution in [0.1, 0.15) is 13.3 Å². The maximum Gasteiger partial charge on any atom is 0.323 e. The summed E-state index contributed by atoms with van der Waals surface area (Å²) in [6.07, 6.45) is 0.720. The first-order valence-electron chi connectivity index (χ1n) is 3.19. The van der Waals surface area contributed by atoms with Gasteiger partial charge < -0.3 is 4.74 Å². The Labute approximate surface area is 71.1 Å². The summed E-state index contributed by atoms with van der Waals surface area (Å²) in [6.45, 7) is 2.20. The van der Waals surface area contributed by atoms with Gasteiger partial charge in [-0.3, -0.25) is 4.79 Å². The number of hydrogen-bond acceptors (Lipinski definition) is 4. The van der Waals surface area contributed by atoms with Crippen LogP contribution in [-0.4, -0.2) is 22.6 Å². The van der Waals surface area contributed by atoms with E-state index in [1.54, 1.807) is 6.92 Å². The van der Waals surface area contributed by atoms with Gasteiger partial charge >= 0.3 is 5.97 Å². The minimum atomic E-state index is -0.584. The molecule has 0 saturated heterocycles. The van der Waals surface area contributed by atoms with E-state index in [2.05, 4.69) is 25.3 Å². The van der Waals surface area contributed by atoms with Crippen molar-refractivity contribution in [2.45, 2.75) is 23.3 Å². The summed E-state index contributed by atoms with van der Waals surface area (Å²) in [4.78, 5) is 11.0. The third kappa shape index (κ3) is 1.27. The van der Waals surface area contributed by atoms with Crippen LogP contribution in [0.25, 0.3) is 0 Å². The average molecular weight is 178 g/mol. The molecule has 0 aromatic heterocycles. The molecule has 2 atom stereocenters. The van der Waals surface area contributed by atoms with Crippen molar-refractivity contribution in [2.24, 2.45) is 0 Å². The molecule has 0 aromatic carbocycles. The third-order valence-corrected chi connectivity index (χ3v) is 3.03. The van der Waals surface area contributed by atoms with Gasteiger partial charge in [0.05, 0.1) is 6.61 Å². The molecule has 1 fully saturated rings. The summed E-state index contributed by atoms with van der Waals surface area (Å²) in [5, 5.41) is 0.0786. The fraction of sp³-hybridized carbons (Fsp3) is 0.833. The Hall–Kier alpha value is 0.170. The van der Waals surface area contributed by atoms with Gasteiger partial charge in [-0.2, -0.15) is 25.3 Å². The first-order valence-corrected chi connectivity index (χ1v) is 4.15. The predicted molar refractivity (Wildman–Crippen MR) is 45.7 cm³/mol. The van der Waals surface area contributed by atoms with Crippen LogP contribution in [0, 0.1) is 0 Å². The Bertz CT molecular complexity index is 160. The number of carbonyl (C=O) groups is 1. The van der Waals surface area contributed by atoms with Gasteiger partial charge in [0, 0.05) is 5.25 Å². The van der Waals surface area contributed by atoms with Gasteiger partial charge in [-0.25, -0.2) is 0 Å². The number of carbonyl (C=O) groups excluding carboxylic acids is 1. The maximum absolute atomic E-state index is 11.0. The number of esters is 1. The molecule has 1 aliphatic rings. The van der Waals surface area contributed by atoms with E-state index >= 15 is 0 Å². The van der Waals surface area contributed by atoms with Crippen LogP contribution < -0.4 is 0 Å². The van der Waals surface area contributed by atoms with E-state index in [-0.39, 0.29) is 11.2 Å². The van der Waals surface area contributed by atoms with E-state index in [0.717, 1.165) is 6.42 Å². The quantitative estimate of drug-likeness (QED) is 0.486. The van der Waals surface area contributed by atoms with E-state index < -0.39 is 4.75 Å². The highest BCUT2D eigenvalue weighted by Crippen LogP contribution is 2.47. The molecule has 0 heterocycles. The number of thiol groups is 2. The molecular weight excluding hydrogens is 168 g/mol. The summed E-state index contributed by atoms with van der Waals surface area (Å²) in [5.74, 6) is -0.238. The summed E-state index contributed by atoms with van der Waals surface area (Å²) < 4.78 is 4.19. The molecule has 0 aromatic rings. The standard InChI is InChI=1S/C6H10O2S2/c1-2-8-5(7)6(10)3-4(6)9/h4,9-10H,2-3H2,1H3. The van der Waals surface area contributed by atoms with Crippen molar-refractivity contribution in [2.75, 3.05) is 6.61 Å². The number of hydrogen-bond donors (Lipinski definition) is 2. The van der Waals surface area contributed by atoms with Crippen LogP contribution in [0.15, 0.2) is 0 Å². The molecule has 1 aliphatic carbocycles. The second-order valence-corrected chi connectivity index (χ2v) is 3.79. The van der Waals surface area contributed by atoms with Crippen molar-refractivity contribution in [3.63, 3.8) is 0 Å². The fourth-order valence-corrected chi connectivity index (χ4v) is 1.50. The zero-order valence-corrected chi connectivity index (χ0v) is 7.49. The second-order valence-electron chi connectivity index (χ2n) is 2.36. The molecule has 0 spiro atoms. The molecular formula is C6H10O2S2.